The maximum Gasteiger partial charge on any atom is 0.0165 e. The second-order valence-corrected chi connectivity index (χ2v) is 3.69. The molecule has 2 fully saturated rings. The van der Waals surface area contributed by atoms with Crippen LogP contribution >= 0.6 is 9.39 Å². The van der Waals surface area contributed by atoms with Gasteiger partial charge in [0.2, 0.25) is 0 Å². The van der Waals surface area contributed by atoms with Crippen molar-refractivity contribution in [3.8, 4) is 0 Å². The van der Waals surface area contributed by atoms with Crippen molar-refractivity contribution < 1.29 is 0 Å². The second-order valence-electron chi connectivity index (χ2n) is 3.10. The van der Waals surface area contributed by atoms with Crippen molar-refractivity contribution in [3.05, 3.63) is 0 Å². The Balaban J connectivity index is 2.08. The van der Waals surface area contributed by atoms with Gasteiger partial charge in [-0.05, 0) is 25.7 Å². The summed E-state index contributed by atoms with van der Waals surface area (Å²) in [4.78, 5) is 0. The van der Waals surface area contributed by atoms with Gasteiger partial charge >= 0.3 is 0 Å². The lowest BCUT2D eigenvalue weighted by Gasteiger charge is -2.16. The minimum Gasteiger partial charge on any atom is -0.281 e. The van der Waals surface area contributed by atoms with Gasteiger partial charge in [0, 0.05) is 12.1 Å². The van der Waals surface area contributed by atoms with E-state index in [-0.39, 0.29) is 0 Å². The van der Waals surface area contributed by atoms with Gasteiger partial charge < -0.3 is 0 Å². The lowest BCUT2D eigenvalue weighted by Crippen LogP contribution is -2.18. The van der Waals surface area contributed by atoms with Gasteiger partial charge in [0.1, 0.15) is 0 Å². The molecule has 2 rings (SSSR count). The van der Waals surface area contributed by atoms with Gasteiger partial charge in [-0.15, -0.1) is 0 Å². The fourth-order valence-corrected chi connectivity index (χ4v) is 2.22. The minimum absolute atomic E-state index is 0.837. The number of hydrogen-bond donors (Lipinski definition) is 0. The zero-order valence-corrected chi connectivity index (χ0v) is 6.33. The van der Waals surface area contributed by atoms with E-state index < -0.39 is 0 Å². The Morgan fingerprint density at radius 3 is 2.50 bits per heavy atom. The molecule has 0 aromatic heterocycles. The third-order valence-electron chi connectivity index (χ3n) is 2.42. The van der Waals surface area contributed by atoms with E-state index in [0.29, 0.717) is 0 Å². The van der Waals surface area contributed by atoms with Crippen LogP contribution in [0.5, 0.6) is 0 Å². The minimum atomic E-state index is 0.837. The zero-order chi connectivity index (χ0) is 5.72. The highest BCUT2D eigenvalue weighted by atomic mass is 31.0. The summed E-state index contributed by atoms with van der Waals surface area (Å²) in [5.74, 6) is 1.07. The van der Waals surface area contributed by atoms with Gasteiger partial charge in [-0.1, -0.05) is 9.39 Å². The van der Waals surface area contributed by atoms with E-state index in [2.05, 4.69) is 21.0 Å². The third kappa shape index (κ3) is 0.549. The van der Waals surface area contributed by atoms with E-state index in [0.717, 1.165) is 18.0 Å². The van der Waals surface area contributed by atoms with Gasteiger partial charge in [0.15, 0.2) is 0 Å². The van der Waals surface area contributed by atoms with Crippen molar-refractivity contribution in [2.75, 3.05) is 0 Å². The molecule has 8 heavy (non-hydrogen) atoms. The fraction of sp³-hybridized carbons (Fsp3) is 1.00. The van der Waals surface area contributed by atoms with Crippen LogP contribution in [0.3, 0.4) is 0 Å². The number of fused-ring (bicyclic) bond motifs is 1. The molecule has 1 saturated heterocycles. The van der Waals surface area contributed by atoms with Crippen LogP contribution in [0.1, 0.15) is 19.8 Å². The summed E-state index contributed by atoms with van der Waals surface area (Å²) in [6, 6.07) is 1.79. The molecule has 1 nitrogen and oxygen atoms in total. The van der Waals surface area contributed by atoms with Gasteiger partial charge in [-0.25, -0.2) is 0 Å². The molecule has 0 spiro atoms. The summed E-state index contributed by atoms with van der Waals surface area (Å²) in [5, 5.41) is 0. The van der Waals surface area contributed by atoms with Crippen LogP contribution in [0.15, 0.2) is 0 Å². The highest BCUT2D eigenvalue weighted by Crippen LogP contribution is 2.49. The molecule has 0 aromatic carbocycles. The van der Waals surface area contributed by atoms with E-state index in [1.54, 1.807) is 0 Å². The summed E-state index contributed by atoms with van der Waals surface area (Å²) in [6.45, 7) is 2.30. The molecule has 0 radical (unpaired) electrons. The Bertz CT molecular complexity index is 113. The van der Waals surface area contributed by atoms with Crippen molar-refractivity contribution in [3.63, 3.8) is 0 Å². The summed E-state index contributed by atoms with van der Waals surface area (Å²) in [6.07, 6.45) is 2.90. The van der Waals surface area contributed by atoms with Crippen LogP contribution in [-0.2, 0) is 0 Å². The molecular weight excluding hydrogens is 117 g/mol. The molecule has 1 heterocycles. The van der Waals surface area contributed by atoms with Crippen molar-refractivity contribution in [1.29, 1.82) is 0 Å². The van der Waals surface area contributed by atoms with E-state index in [1.807, 2.05) is 0 Å². The van der Waals surface area contributed by atoms with Crippen molar-refractivity contribution in [2.24, 2.45) is 5.92 Å². The average molecular weight is 129 g/mol. The van der Waals surface area contributed by atoms with Crippen LogP contribution in [0.2, 0.25) is 0 Å². The molecule has 4 unspecified atom stereocenters. The van der Waals surface area contributed by atoms with Crippen LogP contribution < -0.4 is 0 Å². The molecule has 1 aliphatic heterocycles. The summed E-state index contributed by atoms with van der Waals surface area (Å²) in [5.41, 5.74) is 0. The molecule has 2 aliphatic rings. The van der Waals surface area contributed by atoms with Crippen LogP contribution in [0, 0.1) is 5.92 Å². The summed E-state index contributed by atoms with van der Waals surface area (Å²) < 4.78 is 2.44. The zero-order valence-electron chi connectivity index (χ0n) is 5.17. The first-order valence-corrected chi connectivity index (χ1v) is 3.83. The maximum atomic E-state index is 2.83. The first kappa shape index (κ1) is 5.20. The van der Waals surface area contributed by atoms with Gasteiger partial charge in [-0.3, -0.25) is 4.67 Å². The quantitative estimate of drug-likeness (QED) is 0.445. The molecule has 0 N–H and O–H groups in total. The molecule has 1 saturated carbocycles. The lowest BCUT2D eigenvalue weighted by atomic mass is 10.2. The van der Waals surface area contributed by atoms with Crippen molar-refractivity contribution in [2.45, 2.75) is 31.8 Å². The topological polar surface area (TPSA) is 3.24 Å². The molecule has 2 heteroatoms. The van der Waals surface area contributed by atoms with Crippen LogP contribution in [0.25, 0.3) is 0 Å². The third-order valence-corrected chi connectivity index (χ3v) is 3.31. The molecule has 46 valence electrons. The average Bonchev–Trinajstić information content (AvgIpc) is 2.39. The predicted octanol–water partition coefficient (Wildman–Crippen LogP) is 1.26. The highest BCUT2D eigenvalue weighted by Gasteiger charge is 2.48. The Kier molecular flexibility index (Phi) is 0.947. The van der Waals surface area contributed by atoms with E-state index in [4.69, 9.17) is 0 Å². The van der Waals surface area contributed by atoms with Crippen molar-refractivity contribution >= 4 is 9.39 Å². The molecule has 4 atom stereocenters. The Morgan fingerprint density at radius 2 is 2.25 bits per heavy atom. The number of nitrogens with zero attached hydrogens (tertiary/aromatic N) is 1. The standard InChI is InChI=1S/C6H12NP/c1-4-2-5-3-6(5)7(4)8/h4-6H,2-3,8H2,1H3. The Labute approximate surface area is 52.7 Å². The molecule has 0 bridgehead atoms. The van der Waals surface area contributed by atoms with Gasteiger partial charge in [0.05, 0.1) is 0 Å². The number of piperidine rings is 1. The Morgan fingerprint density at radius 1 is 1.50 bits per heavy atom. The van der Waals surface area contributed by atoms with E-state index >= 15 is 0 Å². The van der Waals surface area contributed by atoms with Crippen LogP contribution in [-0.4, -0.2) is 16.8 Å². The van der Waals surface area contributed by atoms with Gasteiger partial charge in [0.25, 0.3) is 0 Å². The van der Waals surface area contributed by atoms with E-state index in [1.165, 1.54) is 12.8 Å². The highest BCUT2D eigenvalue weighted by molar-refractivity contribution is 7.13. The molecular formula is C6H12NP. The monoisotopic (exact) mass is 129 g/mol. The number of rotatable bonds is 0. The molecule has 0 aromatic rings. The predicted molar refractivity (Wildman–Crippen MR) is 37.5 cm³/mol. The maximum absolute atomic E-state index is 2.83. The summed E-state index contributed by atoms with van der Waals surface area (Å²) in [7, 11) is 2.83. The molecule has 1 aliphatic carbocycles. The second kappa shape index (κ2) is 1.46. The fourth-order valence-electron chi connectivity index (χ4n) is 1.74. The SMILES string of the molecule is CC1CC2CC2N1P. The van der Waals surface area contributed by atoms with E-state index in [9.17, 15) is 0 Å². The van der Waals surface area contributed by atoms with Gasteiger partial charge in [-0.2, -0.15) is 0 Å². The summed E-state index contributed by atoms with van der Waals surface area (Å²) >= 11 is 0. The largest absolute Gasteiger partial charge is 0.281 e. The first-order valence-electron chi connectivity index (χ1n) is 3.32. The van der Waals surface area contributed by atoms with Crippen molar-refractivity contribution in [1.82, 2.24) is 4.67 Å². The molecule has 0 amide bonds. The Hall–Kier alpha value is 0.390. The first-order chi connectivity index (χ1) is 3.79. The number of hydrogen-bond acceptors (Lipinski definition) is 1. The smallest absolute Gasteiger partial charge is 0.0165 e. The lowest BCUT2D eigenvalue weighted by molar-refractivity contribution is 0.409. The van der Waals surface area contributed by atoms with Crippen LogP contribution in [0.4, 0.5) is 0 Å². The normalized spacial score (nSPS) is 54.0.